The van der Waals surface area contributed by atoms with E-state index in [4.69, 9.17) is 10.3 Å². The summed E-state index contributed by atoms with van der Waals surface area (Å²) in [5.41, 5.74) is 6.02. The molecule has 1 atom stereocenters. The van der Waals surface area contributed by atoms with Crippen LogP contribution in [0, 0.1) is 0 Å². The van der Waals surface area contributed by atoms with E-state index in [1.807, 2.05) is 42.2 Å². The lowest BCUT2D eigenvalue weighted by atomic mass is 10.0. The van der Waals surface area contributed by atoms with Crippen molar-refractivity contribution in [1.82, 2.24) is 19.9 Å². The highest BCUT2D eigenvalue weighted by Crippen LogP contribution is 2.23. The molecule has 1 aliphatic heterocycles. The van der Waals surface area contributed by atoms with Crippen LogP contribution in [0.3, 0.4) is 0 Å². The molecule has 0 saturated carbocycles. The van der Waals surface area contributed by atoms with E-state index in [1.165, 1.54) is 0 Å². The first-order chi connectivity index (χ1) is 11.9. The summed E-state index contributed by atoms with van der Waals surface area (Å²) in [4.78, 5) is 20.9. The SMILES string of the molecule is CC(c1nc(-c2ccccc2)no1)N1CCN(C(=O)C(C)(C)N)CC1. The molecule has 3 rings (SSSR count). The molecule has 1 amide bonds. The minimum absolute atomic E-state index is 0.00750. The second-order valence-electron chi connectivity index (χ2n) is 7.05. The highest BCUT2D eigenvalue weighted by Gasteiger charge is 2.32. The molecule has 1 fully saturated rings. The van der Waals surface area contributed by atoms with Gasteiger partial charge < -0.3 is 15.2 Å². The Bertz CT molecular complexity index is 715. The van der Waals surface area contributed by atoms with Gasteiger partial charge in [-0.25, -0.2) is 0 Å². The van der Waals surface area contributed by atoms with Gasteiger partial charge in [-0.1, -0.05) is 35.5 Å². The van der Waals surface area contributed by atoms with E-state index in [1.54, 1.807) is 13.8 Å². The van der Waals surface area contributed by atoms with Crippen molar-refractivity contribution in [3.05, 3.63) is 36.2 Å². The highest BCUT2D eigenvalue weighted by atomic mass is 16.5. The Hall–Kier alpha value is -2.25. The molecular weight excluding hydrogens is 318 g/mol. The lowest BCUT2D eigenvalue weighted by Gasteiger charge is -2.39. The van der Waals surface area contributed by atoms with Gasteiger partial charge in [0.25, 0.3) is 0 Å². The number of hydrogen-bond donors (Lipinski definition) is 1. The fourth-order valence-corrected chi connectivity index (χ4v) is 2.99. The lowest BCUT2D eigenvalue weighted by Crippen LogP contribution is -2.57. The Morgan fingerprint density at radius 1 is 1.20 bits per heavy atom. The van der Waals surface area contributed by atoms with Crippen molar-refractivity contribution < 1.29 is 9.32 Å². The summed E-state index contributed by atoms with van der Waals surface area (Å²) < 4.78 is 5.46. The molecule has 0 bridgehead atoms. The van der Waals surface area contributed by atoms with Crippen LogP contribution in [-0.4, -0.2) is 57.6 Å². The molecule has 0 radical (unpaired) electrons. The standard InChI is InChI=1S/C18H25N5O2/c1-13(16-20-15(21-25-16)14-7-5-4-6-8-14)22-9-11-23(12-10-22)17(24)18(2,3)19/h4-8,13H,9-12,19H2,1-3H3. The van der Waals surface area contributed by atoms with Crippen molar-refractivity contribution in [3.63, 3.8) is 0 Å². The van der Waals surface area contributed by atoms with Crippen molar-refractivity contribution in [3.8, 4) is 11.4 Å². The smallest absolute Gasteiger partial charge is 0.244 e. The lowest BCUT2D eigenvalue weighted by molar-refractivity contribution is -0.137. The van der Waals surface area contributed by atoms with Gasteiger partial charge in [-0.05, 0) is 20.8 Å². The Morgan fingerprint density at radius 2 is 1.84 bits per heavy atom. The van der Waals surface area contributed by atoms with Gasteiger partial charge >= 0.3 is 0 Å². The van der Waals surface area contributed by atoms with Crippen LogP contribution < -0.4 is 5.73 Å². The number of carbonyl (C=O) groups excluding carboxylic acids is 1. The van der Waals surface area contributed by atoms with Crippen molar-refractivity contribution in [2.24, 2.45) is 5.73 Å². The number of amides is 1. The molecule has 2 N–H and O–H groups in total. The van der Waals surface area contributed by atoms with Crippen LogP contribution in [-0.2, 0) is 4.79 Å². The number of nitrogens with zero attached hydrogens (tertiary/aromatic N) is 4. The first-order valence-electron chi connectivity index (χ1n) is 8.57. The number of hydrogen-bond acceptors (Lipinski definition) is 6. The maximum absolute atomic E-state index is 12.3. The van der Waals surface area contributed by atoms with Gasteiger partial charge in [-0.3, -0.25) is 9.69 Å². The molecule has 1 aliphatic rings. The molecule has 0 spiro atoms. The Morgan fingerprint density at radius 3 is 2.44 bits per heavy atom. The van der Waals surface area contributed by atoms with Crippen LogP contribution in [0.25, 0.3) is 11.4 Å². The van der Waals surface area contributed by atoms with E-state index in [-0.39, 0.29) is 11.9 Å². The molecule has 7 nitrogen and oxygen atoms in total. The van der Waals surface area contributed by atoms with Crippen molar-refractivity contribution in [2.45, 2.75) is 32.4 Å². The monoisotopic (exact) mass is 343 g/mol. The summed E-state index contributed by atoms with van der Waals surface area (Å²) in [6.07, 6.45) is 0. The molecule has 134 valence electrons. The van der Waals surface area contributed by atoms with Crippen molar-refractivity contribution in [1.29, 1.82) is 0 Å². The third-order valence-electron chi connectivity index (χ3n) is 4.53. The first kappa shape index (κ1) is 17.6. The number of piperazine rings is 1. The van der Waals surface area contributed by atoms with E-state index < -0.39 is 5.54 Å². The second-order valence-corrected chi connectivity index (χ2v) is 7.05. The predicted octanol–water partition coefficient (Wildman–Crippen LogP) is 1.68. The molecule has 1 aromatic heterocycles. The van der Waals surface area contributed by atoms with Gasteiger partial charge in [0.05, 0.1) is 11.6 Å². The van der Waals surface area contributed by atoms with Crippen molar-refractivity contribution >= 4 is 5.91 Å². The van der Waals surface area contributed by atoms with Crippen LogP contribution in [0.15, 0.2) is 34.9 Å². The second kappa shape index (κ2) is 6.93. The Balaban J connectivity index is 1.63. The zero-order valence-electron chi connectivity index (χ0n) is 15.0. The quantitative estimate of drug-likeness (QED) is 0.908. The van der Waals surface area contributed by atoms with Crippen LogP contribution in [0.2, 0.25) is 0 Å². The third-order valence-corrected chi connectivity index (χ3v) is 4.53. The van der Waals surface area contributed by atoms with E-state index in [0.717, 1.165) is 18.7 Å². The largest absolute Gasteiger partial charge is 0.339 e. The number of aromatic nitrogens is 2. The van der Waals surface area contributed by atoms with Crippen molar-refractivity contribution in [2.75, 3.05) is 26.2 Å². The van der Waals surface area contributed by atoms with Crippen LogP contribution in [0.5, 0.6) is 0 Å². The summed E-state index contributed by atoms with van der Waals surface area (Å²) in [5.74, 6) is 1.18. The number of nitrogens with two attached hydrogens (primary N) is 1. The molecule has 2 heterocycles. The predicted molar refractivity (Wildman–Crippen MR) is 94.6 cm³/mol. The fraction of sp³-hybridized carbons (Fsp3) is 0.500. The van der Waals surface area contributed by atoms with E-state index in [0.29, 0.717) is 24.8 Å². The molecule has 1 aromatic carbocycles. The van der Waals surface area contributed by atoms with Gasteiger partial charge in [-0.2, -0.15) is 4.98 Å². The summed E-state index contributed by atoms with van der Waals surface area (Å²) >= 11 is 0. The first-order valence-corrected chi connectivity index (χ1v) is 8.57. The van der Waals surface area contributed by atoms with E-state index in [9.17, 15) is 4.79 Å². The molecule has 25 heavy (non-hydrogen) atoms. The maximum Gasteiger partial charge on any atom is 0.244 e. The Kier molecular flexibility index (Phi) is 4.87. The Labute approximate surface area is 147 Å². The zero-order valence-corrected chi connectivity index (χ0v) is 15.0. The summed E-state index contributed by atoms with van der Waals surface area (Å²) in [7, 11) is 0. The fourth-order valence-electron chi connectivity index (χ4n) is 2.99. The van der Waals surface area contributed by atoms with Gasteiger partial charge in [-0.15, -0.1) is 0 Å². The topological polar surface area (TPSA) is 88.5 Å². The summed E-state index contributed by atoms with van der Waals surface area (Å²) in [5, 5.41) is 4.08. The average molecular weight is 343 g/mol. The van der Waals surface area contributed by atoms with Gasteiger partial charge in [0.15, 0.2) is 0 Å². The number of benzene rings is 1. The minimum Gasteiger partial charge on any atom is -0.339 e. The van der Waals surface area contributed by atoms with E-state index in [2.05, 4.69) is 15.0 Å². The van der Waals surface area contributed by atoms with Gasteiger partial charge in [0.2, 0.25) is 17.6 Å². The zero-order chi connectivity index (χ0) is 18.0. The molecular formula is C18H25N5O2. The maximum atomic E-state index is 12.3. The minimum atomic E-state index is -0.829. The molecule has 7 heteroatoms. The van der Waals surface area contributed by atoms with Crippen LogP contribution in [0.1, 0.15) is 32.7 Å². The molecule has 2 aromatic rings. The van der Waals surface area contributed by atoms with Gasteiger partial charge in [0.1, 0.15) is 0 Å². The summed E-state index contributed by atoms with van der Waals surface area (Å²) in [6, 6.07) is 9.77. The van der Waals surface area contributed by atoms with Gasteiger partial charge in [0, 0.05) is 31.7 Å². The summed E-state index contributed by atoms with van der Waals surface area (Å²) in [6.45, 7) is 8.36. The molecule has 1 saturated heterocycles. The molecule has 0 aliphatic carbocycles. The average Bonchev–Trinajstić information content (AvgIpc) is 3.11. The van der Waals surface area contributed by atoms with E-state index >= 15 is 0 Å². The highest BCUT2D eigenvalue weighted by molar-refractivity contribution is 5.85. The molecule has 1 unspecified atom stereocenters. The normalized spacial score (nSPS) is 17.5. The van der Waals surface area contributed by atoms with Crippen LogP contribution in [0.4, 0.5) is 0 Å². The number of rotatable bonds is 4. The number of carbonyl (C=O) groups is 1. The third kappa shape index (κ3) is 3.88. The van der Waals surface area contributed by atoms with Crippen LogP contribution >= 0.6 is 0 Å².